The Kier molecular flexibility index (Phi) is 2.09. The van der Waals surface area contributed by atoms with Gasteiger partial charge in [0.05, 0.1) is 5.52 Å². The van der Waals surface area contributed by atoms with E-state index in [9.17, 15) is 9.59 Å². The summed E-state index contributed by atoms with van der Waals surface area (Å²) < 4.78 is 0. The first-order valence-corrected chi connectivity index (χ1v) is 4.14. The second kappa shape index (κ2) is 3.41. The average Bonchev–Trinajstić information content (AvgIpc) is 2.61. The molecule has 0 radical (unpaired) electrons. The van der Waals surface area contributed by atoms with Crippen molar-refractivity contribution in [3.8, 4) is 0 Å². The van der Waals surface area contributed by atoms with Crippen molar-refractivity contribution in [2.24, 2.45) is 0 Å². The highest BCUT2D eigenvalue weighted by Crippen LogP contribution is 2.20. The Labute approximate surface area is 83.9 Å². The number of hydrogen-bond acceptors (Lipinski definition) is 3. The van der Waals surface area contributed by atoms with E-state index in [2.05, 4.69) is 15.5 Å². The second-order valence-electron chi connectivity index (χ2n) is 2.90. The maximum absolute atomic E-state index is 10.8. The van der Waals surface area contributed by atoms with Gasteiger partial charge in [-0.2, -0.15) is 5.10 Å². The van der Waals surface area contributed by atoms with Gasteiger partial charge in [0.15, 0.2) is 5.69 Å². The summed E-state index contributed by atoms with van der Waals surface area (Å²) in [5, 5.41) is 18.0. The fourth-order valence-electron chi connectivity index (χ4n) is 1.33. The number of anilines is 1. The molecule has 3 N–H and O–H groups in total. The second-order valence-corrected chi connectivity index (χ2v) is 2.90. The molecule has 0 fully saturated rings. The van der Waals surface area contributed by atoms with Gasteiger partial charge in [0.2, 0.25) is 6.41 Å². The van der Waals surface area contributed by atoms with E-state index in [4.69, 9.17) is 5.11 Å². The molecule has 0 aliphatic rings. The third-order valence-corrected chi connectivity index (χ3v) is 1.99. The fraction of sp³-hybridized carbons (Fsp3) is 0. The molecule has 0 saturated heterocycles. The summed E-state index contributed by atoms with van der Waals surface area (Å²) in [6, 6.07) is 4.86. The number of H-pyrrole nitrogens is 1. The minimum absolute atomic E-state index is 0.0560. The molecular weight excluding hydrogens is 198 g/mol. The lowest BCUT2D eigenvalue weighted by molar-refractivity contribution is -0.105. The van der Waals surface area contributed by atoms with E-state index in [1.54, 1.807) is 18.2 Å². The molecule has 0 aliphatic carbocycles. The number of carbonyl (C=O) groups is 2. The molecule has 0 saturated carbocycles. The SMILES string of the molecule is O=CNc1ccc2[nH]nc(C(=O)O)c2c1. The number of aromatic carboxylic acids is 1. The molecule has 0 aliphatic heterocycles. The van der Waals surface area contributed by atoms with Crippen LogP contribution in [0.5, 0.6) is 0 Å². The van der Waals surface area contributed by atoms with Crippen LogP contribution in [-0.4, -0.2) is 27.7 Å². The molecule has 15 heavy (non-hydrogen) atoms. The zero-order valence-electron chi connectivity index (χ0n) is 7.52. The van der Waals surface area contributed by atoms with Crippen molar-refractivity contribution in [3.05, 3.63) is 23.9 Å². The molecule has 0 bridgehead atoms. The number of aromatic nitrogens is 2. The average molecular weight is 205 g/mol. The smallest absolute Gasteiger partial charge is 0.357 e. The van der Waals surface area contributed by atoms with Crippen LogP contribution in [0.3, 0.4) is 0 Å². The Morgan fingerprint density at radius 1 is 1.53 bits per heavy atom. The number of benzene rings is 1. The molecule has 6 heteroatoms. The molecule has 1 amide bonds. The number of carbonyl (C=O) groups excluding carboxylic acids is 1. The highest BCUT2D eigenvalue weighted by atomic mass is 16.4. The summed E-state index contributed by atoms with van der Waals surface area (Å²) in [4.78, 5) is 21.0. The number of nitrogens with one attached hydrogen (secondary N) is 2. The van der Waals surface area contributed by atoms with Gasteiger partial charge < -0.3 is 10.4 Å². The minimum atomic E-state index is -1.11. The van der Waals surface area contributed by atoms with E-state index in [1.807, 2.05) is 0 Å². The topological polar surface area (TPSA) is 95.1 Å². The third-order valence-electron chi connectivity index (χ3n) is 1.99. The van der Waals surface area contributed by atoms with Crippen molar-refractivity contribution < 1.29 is 14.7 Å². The van der Waals surface area contributed by atoms with Crippen molar-refractivity contribution in [3.63, 3.8) is 0 Å². The Morgan fingerprint density at radius 2 is 2.33 bits per heavy atom. The highest BCUT2D eigenvalue weighted by molar-refractivity contribution is 6.02. The van der Waals surface area contributed by atoms with Crippen LogP contribution in [0.2, 0.25) is 0 Å². The third kappa shape index (κ3) is 1.52. The lowest BCUT2D eigenvalue weighted by atomic mass is 10.2. The molecule has 0 spiro atoms. The van der Waals surface area contributed by atoms with Gasteiger partial charge in [0.1, 0.15) is 0 Å². The number of aromatic amines is 1. The number of nitrogens with zero attached hydrogens (tertiary/aromatic N) is 1. The lowest BCUT2D eigenvalue weighted by Crippen LogP contribution is -1.97. The van der Waals surface area contributed by atoms with Crippen molar-refractivity contribution in [2.75, 3.05) is 5.32 Å². The fourth-order valence-corrected chi connectivity index (χ4v) is 1.33. The highest BCUT2D eigenvalue weighted by Gasteiger charge is 2.12. The van der Waals surface area contributed by atoms with Crippen LogP contribution in [0.1, 0.15) is 10.5 Å². The predicted octanol–water partition coefficient (Wildman–Crippen LogP) is 0.829. The summed E-state index contributed by atoms with van der Waals surface area (Å²) in [6.07, 6.45) is 0.529. The molecule has 2 aromatic rings. The number of rotatable bonds is 3. The van der Waals surface area contributed by atoms with Crippen molar-refractivity contribution in [2.45, 2.75) is 0 Å². The quantitative estimate of drug-likeness (QED) is 0.646. The standard InChI is InChI=1S/C9H7N3O3/c13-4-10-5-1-2-7-6(3-5)8(9(14)15)12-11-7/h1-4H,(H,10,13)(H,11,12)(H,14,15). The molecule has 0 unspecified atom stereocenters. The van der Waals surface area contributed by atoms with Crippen LogP contribution in [-0.2, 0) is 4.79 Å². The number of fused-ring (bicyclic) bond motifs is 1. The summed E-state index contributed by atoms with van der Waals surface area (Å²) in [7, 11) is 0. The Morgan fingerprint density at radius 3 is 3.00 bits per heavy atom. The number of carboxylic acids is 1. The van der Waals surface area contributed by atoms with E-state index in [1.165, 1.54) is 0 Å². The molecule has 1 aromatic carbocycles. The zero-order valence-corrected chi connectivity index (χ0v) is 7.52. The van der Waals surface area contributed by atoms with E-state index in [0.29, 0.717) is 23.0 Å². The van der Waals surface area contributed by atoms with Gasteiger partial charge in [-0.15, -0.1) is 0 Å². The Balaban J connectivity index is 2.61. The molecule has 0 atom stereocenters. The monoisotopic (exact) mass is 205 g/mol. The largest absolute Gasteiger partial charge is 0.476 e. The van der Waals surface area contributed by atoms with Crippen molar-refractivity contribution >= 4 is 29.0 Å². The molecule has 6 nitrogen and oxygen atoms in total. The summed E-state index contributed by atoms with van der Waals surface area (Å²) >= 11 is 0. The first-order chi connectivity index (χ1) is 7.22. The van der Waals surface area contributed by atoms with Crippen LogP contribution >= 0.6 is 0 Å². The van der Waals surface area contributed by atoms with E-state index < -0.39 is 5.97 Å². The van der Waals surface area contributed by atoms with E-state index in [-0.39, 0.29) is 5.69 Å². The van der Waals surface area contributed by atoms with Crippen LogP contribution in [0.15, 0.2) is 18.2 Å². The van der Waals surface area contributed by atoms with Crippen LogP contribution < -0.4 is 5.32 Å². The molecular formula is C9H7N3O3. The van der Waals surface area contributed by atoms with E-state index >= 15 is 0 Å². The van der Waals surface area contributed by atoms with Crippen LogP contribution in [0.25, 0.3) is 10.9 Å². The number of carboxylic acid groups (broad SMARTS) is 1. The molecule has 2 rings (SSSR count). The van der Waals surface area contributed by atoms with Gasteiger partial charge in [0.25, 0.3) is 0 Å². The van der Waals surface area contributed by atoms with E-state index in [0.717, 1.165) is 0 Å². The number of hydrogen-bond donors (Lipinski definition) is 3. The normalized spacial score (nSPS) is 10.1. The Hall–Kier alpha value is -2.37. The first kappa shape index (κ1) is 9.20. The zero-order chi connectivity index (χ0) is 10.8. The van der Waals surface area contributed by atoms with Gasteiger partial charge in [0, 0.05) is 11.1 Å². The molecule has 76 valence electrons. The van der Waals surface area contributed by atoms with Gasteiger partial charge >= 0.3 is 5.97 Å². The Bertz CT molecular complexity index is 532. The first-order valence-electron chi connectivity index (χ1n) is 4.14. The molecule has 1 aromatic heterocycles. The summed E-state index contributed by atoms with van der Waals surface area (Å²) in [5.41, 5.74) is 1.09. The van der Waals surface area contributed by atoms with Crippen molar-refractivity contribution in [1.29, 1.82) is 0 Å². The predicted molar refractivity (Wildman–Crippen MR) is 52.7 cm³/mol. The van der Waals surface area contributed by atoms with Crippen LogP contribution in [0.4, 0.5) is 5.69 Å². The van der Waals surface area contributed by atoms with Crippen molar-refractivity contribution in [1.82, 2.24) is 10.2 Å². The summed E-state index contributed by atoms with van der Waals surface area (Å²) in [6.45, 7) is 0. The maximum Gasteiger partial charge on any atom is 0.357 e. The van der Waals surface area contributed by atoms with Gasteiger partial charge in [-0.25, -0.2) is 4.79 Å². The lowest BCUT2D eigenvalue weighted by Gasteiger charge is -1.97. The summed E-state index contributed by atoms with van der Waals surface area (Å²) in [5.74, 6) is -1.11. The van der Waals surface area contributed by atoms with Gasteiger partial charge in [-0.1, -0.05) is 0 Å². The van der Waals surface area contributed by atoms with Gasteiger partial charge in [-0.05, 0) is 18.2 Å². The molecule has 1 heterocycles. The van der Waals surface area contributed by atoms with Crippen LogP contribution in [0, 0.1) is 0 Å². The minimum Gasteiger partial charge on any atom is -0.476 e. The van der Waals surface area contributed by atoms with Gasteiger partial charge in [-0.3, -0.25) is 9.89 Å². The maximum atomic E-state index is 10.8. The number of amides is 1.